The first-order valence-corrected chi connectivity index (χ1v) is 12.3. The lowest BCUT2D eigenvalue weighted by atomic mass is 10.1. The molecule has 0 saturated carbocycles. The van der Waals surface area contributed by atoms with Crippen LogP contribution >= 0.6 is 11.3 Å². The average molecular weight is 521 g/mol. The van der Waals surface area contributed by atoms with E-state index < -0.39 is 43.6 Å². The van der Waals surface area contributed by atoms with Gasteiger partial charge < -0.3 is 11.5 Å². The van der Waals surface area contributed by atoms with Crippen LogP contribution in [0, 0.1) is 17.5 Å². The van der Waals surface area contributed by atoms with Crippen molar-refractivity contribution in [3.8, 4) is 21.8 Å². The highest BCUT2D eigenvalue weighted by atomic mass is 32.2. The molecule has 2 heterocycles. The second kappa shape index (κ2) is 8.91. The third-order valence-corrected chi connectivity index (χ3v) is 7.60. The molecule has 0 aliphatic rings. The van der Waals surface area contributed by atoms with Gasteiger partial charge in [-0.2, -0.15) is 0 Å². The Balaban J connectivity index is 1.85. The SMILES string of the molecule is CC(C)(N)c1nc(-c2cccc(NS(=O)(=O)c3c(F)cccc3F)c2F)c(-c2ccnc(N)n2)s1. The molecule has 5 N–H and O–H groups in total. The van der Waals surface area contributed by atoms with Crippen LogP contribution in [0.3, 0.4) is 0 Å². The first-order chi connectivity index (χ1) is 16.4. The molecule has 35 heavy (non-hydrogen) atoms. The summed E-state index contributed by atoms with van der Waals surface area (Å²) in [5.41, 5.74) is 10.9. The van der Waals surface area contributed by atoms with Crippen LogP contribution in [0.4, 0.5) is 24.8 Å². The molecule has 0 bridgehead atoms. The molecule has 2 aromatic heterocycles. The number of nitrogens with zero attached hydrogens (tertiary/aromatic N) is 3. The second-order valence-electron chi connectivity index (χ2n) is 8.04. The number of hydrogen-bond donors (Lipinski definition) is 3. The van der Waals surface area contributed by atoms with Gasteiger partial charge in [-0.05, 0) is 44.2 Å². The number of sulfonamides is 1. The van der Waals surface area contributed by atoms with E-state index in [4.69, 9.17) is 11.5 Å². The smallest absolute Gasteiger partial charge is 0.267 e. The fourth-order valence-electron chi connectivity index (χ4n) is 3.18. The van der Waals surface area contributed by atoms with Crippen molar-refractivity contribution in [2.24, 2.45) is 5.73 Å². The Morgan fingerprint density at radius 1 is 1.00 bits per heavy atom. The van der Waals surface area contributed by atoms with E-state index in [9.17, 15) is 17.2 Å². The molecule has 0 fully saturated rings. The maximum atomic E-state index is 15.6. The molecule has 0 radical (unpaired) electrons. The Kier molecular flexibility index (Phi) is 6.25. The molecule has 8 nitrogen and oxygen atoms in total. The molecule has 4 rings (SSSR count). The van der Waals surface area contributed by atoms with Crippen LogP contribution in [0.5, 0.6) is 0 Å². The van der Waals surface area contributed by atoms with E-state index in [2.05, 4.69) is 15.0 Å². The molecule has 0 spiro atoms. The molecule has 13 heteroatoms. The van der Waals surface area contributed by atoms with Gasteiger partial charge >= 0.3 is 0 Å². The van der Waals surface area contributed by atoms with Gasteiger partial charge in [-0.25, -0.2) is 36.5 Å². The van der Waals surface area contributed by atoms with Gasteiger partial charge in [0.05, 0.1) is 27.5 Å². The zero-order chi connectivity index (χ0) is 25.5. The number of anilines is 2. The number of aromatic nitrogens is 3. The molecule has 2 aromatic carbocycles. The maximum Gasteiger partial charge on any atom is 0.267 e. The predicted octanol–water partition coefficient (Wildman–Crippen LogP) is 4.26. The minimum Gasteiger partial charge on any atom is -0.368 e. The van der Waals surface area contributed by atoms with Crippen molar-refractivity contribution in [1.29, 1.82) is 0 Å². The van der Waals surface area contributed by atoms with Gasteiger partial charge in [0.2, 0.25) is 5.95 Å². The lowest BCUT2D eigenvalue weighted by Crippen LogP contribution is -2.28. The number of nitrogen functional groups attached to an aromatic ring is 1. The molecule has 0 amide bonds. The summed E-state index contributed by atoms with van der Waals surface area (Å²) in [6, 6.07) is 8.03. The van der Waals surface area contributed by atoms with Crippen molar-refractivity contribution in [3.05, 3.63) is 71.1 Å². The molecule has 0 unspecified atom stereocenters. The lowest BCUT2D eigenvalue weighted by molar-refractivity contribution is 0.521. The van der Waals surface area contributed by atoms with Gasteiger partial charge in [0.25, 0.3) is 10.0 Å². The zero-order valence-electron chi connectivity index (χ0n) is 18.4. The fourth-order valence-corrected chi connectivity index (χ4v) is 5.44. The zero-order valence-corrected chi connectivity index (χ0v) is 20.0. The van der Waals surface area contributed by atoms with Crippen molar-refractivity contribution in [1.82, 2.24) is 15.0 Å². The monoisotopic (exact) mass is 520 g/mol. The summed E-state index contributed by atoms with van der Waals surface area (Å²) >= 11 is 1.17. The largest absolute Gasteiger partial charge is 0.368 e. The van der Waals surface area contributed by atoms with Crippen molar-refractivity contribution in [3.63, 3.8) is 0 Å². The van der Waals surface area contributed by atoms with Gasteiger partial charge in [-0.1, -0.05) is 12.1 Å². The number of hydrogen-bond acceptors (Lipinski definition) is 8. The minimum atomic E-state index is -4.80. The molecule has 4 aromatic rings. The number of nitrogens with one attached hydrogen (secondary N) is 1. The minimum absolute atomic E-state index is 0.00990. The Bertz CT molecular complexity index is 1510. The second-order valence-corrected chi connectivity index (χ2v) is 10.7. The highest BCUT2D eigenvalue weighted by Crippen LogP contribution is 2.41. The predicted molar refractivity (Wildman–Crippen MR) is 127 cm³/mol. The van der Waals surface area contributed by atoms with Crippen molar-refractivity contribution >= 4 is 33.0 Å². The normalized spacial score (nSPS) is 12.1. The van der Waals surface area contributed by atoms with E-state index in [1.54, 1.807) is 19.9 Å². The van der Waals surface area contributed by atoms with Crippen LogP contribution in [-0.4, -0.2) is 23.4 Å². The summed E-state index contributed by atoms with van der Waals surface area (Å²) < 4.78 is 71.1. The summed E-state index contributed by atoms with van der Waals surface area (Å²) in [7, 11) is -4.80. The fraction of sp³-hybridized carbons (Fsp3) is 0.136. The van der Waals surface area contributed by atoms with Crippen LogP contribution < -0.4 is 16.2 Å². The Hall–Kier alpha value is -3.55. The molecule has 0 saturated heterocycles. The van der Waals surface area contributed by atoms with Crippen LogP contribution in [0.15, 0.2) is 53.6 Å². The summed E-state index contributed by atoms with van der Waals surface area (Å²) in [6.07, 6.45) is 1.43. The Labute approximate surface area is 202 Å². The van der Waals surface area contributed by atoms with Crippen LogP contribution in [-0.2, 0) is 15.6 Å². The number of benzene rings is 2. The van der Waals surface area contributed by atoms with E-state index in [0.717, 1.165) is 24.3 Å². The van der Waals surface area contributed by atoms with Gasteiger partial charge in [0, 0.05) is 11.8 Å². The molecule has 0 atom stereocenters. The standard InChI is InChI=1S/C22H19F3N6O2S2/c1-22(2,27)20-30-17(18(34-20)15-9-10-28-21(26)29-15)11-5-3-8-14(16(11)25)31-35(32,33)19-12(23)6-4-7-13(19)24/h3-10,31H,27H2,1-2H3,(H2,26,28,29). The number of halogens is 3. The molecular weight excluding hydrogens is 501 g/mol. The third-order valence-electron chi connectivity index (χ3n) is 4.77. The van der Waals surface area contributed by atoms with E-state index >= 15 is 4.39 Å². The molecule has 182 valence electrons. The number of rotatable bonds is 6. The maximum absolute atomic E-state index is 15.6. The number of thiazole rings is 1. The van der Waals surface area contributed by atoms with E-state index in [1.165, 1.54) is 29.7 Å². The Morgan fingerprint density at radius 3 is 2.29 bits per heavy atom. The van der Waals surface area contributed by atoms with Crippen LogP contribution in [0.1, 0.15) is 18.9 Å². The van der Waals surface area contributed by atoms with E-state index in [-0.39, 0.29) is 17.2 Å². The summed E-state index contributed by atoms with van der Waals surface area (Å²) in [5, 5.41) is 0.457. The van der Waals surface area contributed by atoms with Crippen molar-refractivity contribution < 1.29 is 21.6 Å². The molecule has 0 aliphatic carbocycles. The van der Waals surface area contributed by atoms with Crippen molar-refractivity contribution in [2.75, 3.05) is 10.5 Å². The first-order valence-electron chi connectivity index (χ1n) is 10.0. The van der Waals surface area contributed by atoms with Crippen molar-refractivity contribution in [2.45, 2.75) is 24.3 Å². The van der Waals surface area contributed by atoms with Gasteiger partial charge in [0.1, 0.15) is 16.6 Å². The summed E-state index contributed by atoms with van der Waals surface area (Å²) in [4.78, 5) is 11.7. The van der Waals surface area contributed by atoms with Gasteiger partial charge in [-0.3, -0.25) is 4.72 Å². The van der Waals surface area contributed by atoms with E-state index in [0.29, 0.717) is 15.6 Å². The van der Waals surface area contributed by atoms with E-state index in [1.807, 2.05) is 4.72 Å². The van der Waals surface area contributed by atoms with Gasteiger partial charge in [0.15, 0.2) is 10.7 Å². The first kappa shape index (κ1) is 24.6. The Morgan fingerprint density at radius 2 is 1.66 bits per heavy atom. The topological polar surface area (TPSA) is 137 Å². The number of nitrogens with two attached hydrogens (primary N) is 2. The summed E-state index contributed by atoms with van der Waals surface area (Å²) in [6.45, 7) is 3.44. The highest BCUT2D eigenvalue weighted by molar-refractivity contribution is 7.92. The molecular formula is C22H19F3N6O2S2. The van der Waals surface area contributed by atoms with Gasteiger partial charge in [-0.15, -0.1) is 11.3 Å². The molecule has 0 aliphatic heterocycles. The average Bonchev–Trinajstić information content (AvgIpc) is 3.21. The van der Waals surface area contributed by atoms with Crippen LogP contribution in [0.2, 0.25) is 0 Å². The lowest BCUT2D eigenvalue weighted by Gasteiger charge is -2.14. The summed E-state index contributed by atoms with van der Waals surface area (Å²) in [5.74, 6) is -3.65. The quantitative estimate of drug-likeness (QED) is 0.345. The third kappa shape index (κ3) is 4.83. The highest BCUT2D eigenvalue weighted by Gasteiger charge is 2.28. The van der Waals surface area contributed by atoms with Crippen LogP contribution in [0.25, 0.3) is 21.8 Å².